The van der Waals surface area contributed by atoms with E-state index in [0.29, 0.717) is 5.69 Å². The molecule has 0 bridgehead atoms. The van der Waals surface area contributed by atoms with Crippen LogP contribution in [0.15, 0.2) is 72.8 Å². The minimum Gasteiger partial charge on any atom is -0.370 e. The van der Waals surface area contributed by atoms with Gasteiger partial charge in [0.2, 0.25) is 15.9 Å². The van der Waals surface area contributed by atoms with Gasteiger partial charge in [-0.25, -0.2) is 13.4 Å². The Hall–Kier alpha value is -3.36. The minimum atomic E-state index is -3.64. The van der Waals surface area contributed by atoms with Crippen LogP contribution < -0.4 is 15.8 Å². The standard InChI is InChI=1S/C22H20N4O3S.ClH/c23-21(27)13-14-30(28,29)26-16-11-9-15(10-12-16)24-22-17-5-1-3-7-19(17)25-20-8-4-2-6-18(20)22;/h1-12,26H,13-14H2,(H2,23,27)(H,24,25);1H. The molecule has 0 atom stereocenters. The van der Waals surface area contributed by atoms with Crippen molar-refractivity contribution in [3.05, 3.63) is 72.8 Å². The fraction of sp³-hybridized carbons (Fsp3) is 0.0909. The number of anilines is 3. The third-order valence-electron chi connectivity index (χ3n) is 4.63. The maximum Gasteiger partial charge on any atom is 0.233 e. The number of benzene rings is 3. The lowest BCUT2D eigenvalue weighted by molar-refractivity contribution is -0.117. The Morgan fingerprint density at radius 2 is 1.35 bits per heavy atom. The highest BCUT2D eigenvalue weighted by atomic mass is 35.5. The van der Waals surface area contributed by atoms with Gasteiger partial charge in [-0.1, -0.05) is 36.4 Å². The summed E-state index contributed by atoms with van der Waals surface area (Å²) in [7, 11) is -3.64. The summed E-state index contributed by atoms with van der Waals surface area (Å²) in [6.07, 6.45) is -0.225. The molecule has 0 aliphatic carbocycles. The van der Waals surface area contributed by atoms with Crippen LogP contribution in [0, 0.1) is 0 Å². The van der Waals surface area contributed by atoms with Crippen molar-refractivity contribution in [2.45, 2.75) is 6.42 Å². The molecule has 9 heteroatoms. The van der Waals surface area contributed by atoms with Crippen LogP contribution in [0.4, 0.5) is 17.1 Å². The SMILES string of the molecule is Cl.NC(=O)CCS(=O)(=O)Nc1ccc(Nc2c3ccccc3nc3ccccc23)cc1. The lowest BCUT2D eigenvalue weighted by Crippen LogP contribution is -2.22. The molecule has 0 spiro atoms. The molecule has 4 rings (SSSR count). The van der Waals surface area contributed by atoms with Crippen molar-refractivity contribution in [3.8, 4) is 0 Å². The number of primary amides is 1. The number of para-hydroxylation sites is 2. The monoisotopic (exact) mass is 456 g/mol. The Balaban J connectivity index is 0.00000272. The van der Waals surface area contributed by atoms with Gasteiger partial charge in [0.25, 0.3) is 0 Å². The molecule has 1 aromatic heterocycles. The van der Waals surface area contributed by atoms with E-state index in [0.717, 1.165) is 33.2 Å². The summed E-state index contributed by atoms with van der Waals surface area (Å²) in [6, 6.07) is 22.7. The smallest absolute Gasteiger partial charge is 0.233 e. The summed E-state index contributed by atoms with van der Waals surface area (Å²) in [5.74, 6) is -1.01. The van der Waals surface area contributed by atoms with Gasteiger partial charge in [-0.05, 0) is 36.4 Å². The Kier molecular flexibility index (Phi) is 6.62. The number of carbonyl (C=O) groups excluding carboxylic acids is 1. The van der Waals surface area contributed by atoms with E-state index < -0.39 is 15.9 Å². The number of hydrogen-bond donors (Lipinski definition) is 3. The number of pyridine rings is 1. The first-order chi connectivity index (χ1) is 14.4. The number of fused-ring (bicyclic) bond motifs is 2. The normalized spacial score (nSPS) is 11.1. The van der Waals surface area contributed by atoms with Crippen LogP contribution in [0.2, 0.25) is 0 Å². The Morgan fingerprint density at radius 1 is 0.839 bits per heavy atom. The highest BCUT2D eigenvalue weighted by Crippen LogP contribution is 2.33. The molecular weight excluding hydrogens is 436 g/mol. The number of amides is 1. The minimum absolute atomic E-state index is 0. The third kappa shape index (κ3) is 5.22. The number of nitrogens with two attached hydrogens (primary N) is 1. The van der Waals surface area contributed by atoms with Crippen LogP contribution in [0.5, 0.6) is 0 Å². The van der Waals surface area contributed by atoms with Gasteiger partial charge in [0.1, 0.15) is 0 Å². The van der Waals surface area contributed by atoms with Crippen molar-refractivity contribution < 1.29 is 13.2 Å². The summed E-state index contributed by atoms with van der Waals surface area (Å²) < 4.78 is 26.5. The van der Waals surface area contributed by atoms with Crippen molar-refractivity contribution in [2.24, 2.45) is 5.73 Å². The highest BCUT2D eigenvalue weighted by Gasteiger charge is 2.13. The van der Waals surface area contributed by atoms with E-state index in [-0.39, 0.29) is 24.6 Å². The second-order valence-electron chi connectivity index (χ2n) is 6.86. The van der Waals surface area contributed by atoms with Crippen LogP contribution in [0.1, 0.15) is 6.42 Å². The molecule has 0 fully saturated rings. The molecular formula is C22H21ClN4O3S. The van der Waals surface area contributed by atoms with Gasteiger partial charge < -0.3 is 11.1 Å². The predicted molar refractivity (Wildman–Crippen MR) is 127 cm³/mol. The Bertz CT molecular complexity index is 1290. The van der Waals surface area contributed by atoms with Gasteiger partial charge in [0.15, 0.2) is 0 Å². The van der Waals surface area contributed by atoms with Gasteiger partial charge in [0, 0.05) is 28.6 Å². The van der Waals surface area contributed by atoms with Gasteiger partial charge in [0.05, 0.1) is 22.5 Å². The van der Waals surface area contributed by atoms with Crippen LogP contribution >= 0.6 is 12.4 Å². The van der Waals surface area contributed by atoms with Crippen molar-refractivity contribution >= 4 is 67.2 Å². The van der Waals surface area contributed by atoms with E-state index in [1.165, 1.54) is 0 Å². The summed E-state index contributed by atoms with van der Waals surface area (Å²) >= 11 is 0. The van der Waals surface area contributed by atoms with Gasteiger partial charge in [-0.3, -0.25) is 9.52 Å². The topological polar surface area (TPSA) is 114 Å². The largest absolute Gasteiger partial charge is 0.370 e. The maximum atomic E-state index is 12.0. The Labute approximate surface area is 186 Å². The zero-order chi connectivity index (χ0) is 21.1. The first-order valence-electron chi connectivity index (χ1n) is 9.35. The number of halogens is 1. The fourth-order valence-electron chi connectivity index (χ4n) is 3.21. The molecule has 0 saturated heterocycles. The Morgan fingerprint density at radius 3 is 1.90 bits per heavy atom. The lowest BCUT2D eigenvalue weighted by atomic mass is 10.1. The van der Waals surface area contributed by atoms with E-state index in [2.05, 4.69) is 10.0 Å². The summed E-state index contributed by atoms with van der Waals surface area (Å²) in [4.78, 5) is 15.5. The average molecular weight is 457 g/mol. The highest BCUT2D eigenvalue weighted by molar-refractivity contribution is 7.92. The zero-order valence-electron chi connectivity index (χ0n) is 16.4. The van der Waals surface area contributed by atoms with E-state index in [4.69, 9.17) is 10.7 Å². The lowest BCUT2D eigenvalue weighted by Gasteiger charge is -2.14. The molecule has 4 aromatic rings. The van der Waals surface area contributed by atoms with Crippen LogP contribution in [0.25, 0.3) is 21.8 Å². The number of rotatable bonds is 7. The van der Waals surface area contributed by atoms with Gasteiger partial charge in [-0.2, -0.15) is 0 Å². The van der Waals surface area contributed by atoms with Crippen molar-refractivity contribution in [3.63, 3.8) is 0 Å². The molecule has 7 nitrogen and oxygen atoms in total. The zero-order valence-corrected chi connectivity index (χ0v) is 18.0. The van der Waals surface area contributed by atoms with Gasteiger partial charge in [-0.15, -0.1) is 12.4 Å². The molecule has 3 aromatic carbocycles. The molecule has 1 heterocycles. The second-order valence-corrected chi connectivity index (χ2v) is 8.70. The van der Waals surface area contributed by atoms with Crippen LogP contribution in [-0.2, 0) is 14.8 Å². The predicted octanol–water partition coefficient (Wildman–Crippen LogP) is 4.17. The summed E-state index contributed by atoms with van der Waals surface area (Å²) in [5, 5.41) is 5.43. The number of sulfonamides is 1. The second kappa shape index (κ2) is 9.20. The van der Waals surface area contributed by atoms with Crippen LogP contribution in [-0.4, -0.2) is 25.1 Å². The first kappa shape index (κ1) is 22.3. The van der Waals surface area contributed by atoms with Crippen LogP contribution in [0.3, 0.4) is 0 Å². The molecule has 0 aliphatic heterocycles. The number of nitrogens with zero attached hydrogens (tertiary/aromatic N) is 1. The molecule has 1 amide bonds. The van der Waals surface area contributed by atoms with Crippen molar-refractivity contribution in [1.82, 2.24) is 4.98 Å². The molecule has 0 unspecified atom stereocenters. The quantitative estimate of drug-likeness (QED) is 0.361. The summed E-state index contributed by atoms with van der Waals surface area (Å²) in [5.41, 5.74) is 8.94. The number of aromatic nitrogens is 1. The maximum absolute atomic E-state index is 12.0. The molecule has 0 aliphatic rings. The number of carbonyl (C=O) groups is 1. The molecule has 160 valence electrons. The fourth-order valence-corrected chi connectivity index (χ4v) is 4.27. The molecule has 0 radical (unpaired) electrons. The first-order valence-corrected chi connectivity index (χ1v) is 11.0. The molecule has 0 saturated carbocycles. The van der Waals surface area contributed by atoms with Crippen molar-refractivity contribution in [2.75, 3.05) is 15.8 Å². The van der Waals surface area contributed by atoms with Crippen molar-refractivity contribution in [1.29, 1.82) is 0 Å². The average Bonchev–Trinajstić information content (AvgIpc) is 2.73. The number of nitrogens with one attached hydrogen (secondary N) is 2. The third-order valence-corrected chi connectivity index (χ3v) is 5.92. The van der Waals surface area contributed by atoms with E-state index in [9.17, 15) is 13.2 Å². The van der Waals surface area contributed by atoms with E-state index in [1.807, 2.05) is 48.5 Å². The molecule has 4 N–H and O–H groups in total. The van der Waals surface area contributed by atoms with E-state index >= 15 is 0 Å². The summed E-state index contributed by atoms with van der Waals surface area (Å²) in [6.45, 7) is 0. The molecule has 31 heavy (non-hydrogen) atoms. The number of hydrogen-bond acceptors (Lipinski definition) is 5. The van der Waals surface area contributed by atoms with E-state index in [1.54, 1.807) is 24.3 Å². The van der Waals surface area contributed by atoms with Gasteiger partial charge >= 0.3 is 0 Å².